The maximum atomic E-state index is 6.14. The van der Waals surface area contributed by atoms with Crippen molar-refractivity contribution < 1.29 is 4.42 Å². The number of benzene rings is 2. The van der Waals surface area contributed by atoms with Gasteiger partial charge in [-0.15, -0.1) is 0 Å². The summed E-state index contributed by atoms with van der Waals surface area (Å²) in [7, 11) is 0. The van der Waals surface area contributed by atoms with Crippen molar-refractivity contribution >= 4 is 45.4 Å². The van der Waals surface area contributed by atoms with Gasteiger partial charge in [0.15, 0.2) is 5.58 Å². The van der Waals surface area contributed by atoms with E-state index < -0.39 is 0 Å². The zero-order valence-electron chi connectivity index (χ0n) is 18.4. The molecule has 2 saturated heterocycles. The van der Waals surface area contributed by atoms with Crippen LogP contribution in [-0.2, 0) is 0 Å². The first-order chi connectivity index (χ1) is 16.2. The number of hydrogen-bond donors (Lipinski definition) is 0. The number of rotatable bonds is 4. The number of halogens is 1. The topological polar surface area (TPSA) is 35.8 Å². The van der Waals surface area contributed by atoms with Gasteiger partial charge < -0.3 is 9.32 Å². The average molecular weight is 478 g/mol. The Bertz CT molecular complexity index is 1200. The summed E-state index contributed by atoms with van der Waals surface area (Å²) in [5, 5.41) is 6.26. The summed E-state index contributed by atoms with van der Waals surface area (Å²) in [6.45, 7) is 4.10. The van der Waals surface area contributed by atoms with E-state index in [1.807, 2.05) is 30.0 Å². The van der Waals surface area contributed by atoms with E-state index in [1.54, 1.807) is 0 Å². The third kappa shape index (κ3) is 3.82. The molecule has 3 aromatic rings. The van der Waals surface area contributed by atoms with E-state index in [-0.39, 0.29) is 0 Å². The van der Waals surface area contributed by atoms with Gasteiger partial charge in [-0.25, -0.2) is 5.01 Å². The number of oxazole rings is 1. The van der Waals surface area contributed by atoms with Gasteiger partial charge in [-0.1, -0.05) is 53.7 Å². The molecule has 3 aliphatic heterocycles. The van der Waals surface area contributed by atoms with Crippen LogP contribution in [0.5, 0.6) is 0 Å². The Hall–Kier alpha value is -2.15. The van der Waals surface area contributed by atoms with Gasteiger partial charge >= 0.3 is 0 Å². The number of fused-ring (bicyclic) bond motifs is 3. The van der Waals surface area contributed by atoms with Crippen molar-refractivity contribution in [2.24, 2.45) is 17.8 Å². The second-order valence-corrected chi connectivity index (χ2v) is 11.4. The summed E-state index contributed by atoms with van der Waals surface area (Å²) in [5.41, 5.74) is 2.93. The first-order valence-corrected chi connectivity index (χ1v) is 13.2. The van der Waals surface area contributed by atoms with Crippen LogP contribution in [-0.4, -0.2) is 46.6 Å². The molecular weight excluding hydrogens is 452 g/mol. The summed E-state index contributed by atoms with van der Waals surface area (Å²) in [6.07, 6.45) is 7.75. The van der Waals surface area contributed by atoms with E-state index in [0.717, 1.165) is 49.2 Å². The minimum atomic E-state index is 0.497. The number of aromatic nitrogens is 1. The normalized spacial score (nSPS) is 27.9. The summed E-state index contributed by atoms with van der Waals surface area (Å²) in [6, 6.07) is 17.1. The summed E-state index contributed by atoms with van der Waals surface area (Å²) in [4.78, 5) is 8.37. The molecule has 4 heterocycles. The van der Waals surface area contributed by atoms with Crippen LogP contribution in [0.1, 0.15) is 24.8 Å². The van der Waals surface area contributed by atoms with Crippen LogP contribution in [0.3, 0.4) is 0 Å². The predicted octanol–water partition coefficient (Wildman–Crippen LogP) is 5.74. The van der Waals surface area contributed by atoms with Crippen LogP contribution >= 0.6 is 23.4 Å². The van der Waals surface area contributed by atoms with Gasteiger partial charge in [-0.2, -0.15) is 4.98 Å². The van der Waals surface area contributed by atoms with Gasteiger partial charge in [-0.3, -0.25) is 5.01 Å². The predicted molar refractivity (Wildman–Crippen MR) is 133 cm³/mol. The molecule has 7 heteroatoms. The zero-order chi connectivity index (χ0) is 21.9. The molecule has 3 unspecified atom stereocenters. The minimum absolute atomic E-state index is 0.497. The molecule has 2 bridgehead atoms. The molecule has 1 aliphatic carbocycles. The van der Waals surface area contributed by atoms with Crippen LogP contribution in [0.4, 0.5) is 6.01 Å². The van der Waals surface area contributed by atoms with E-state index in [1.165, 1.54) is 29.7 Å². The molecule has 1 saturated carbocycles. The van der Waals surface area contributed by atoms with E-state index in [0.29, 0.717) is 22.2 Å². The molecule has 1 aromatic heterocycles. The summed E-state index contributed by atoms with van der Waals surface area (Å²) < 4.78 is 6.09. The van der Waals surface area contributed by atoms with Crippen molar-refractivity contribution in [3.63, 3.8) is 0 Å². The van der Waals surface area contributed by atoms with Crippen LogP contribution in [0.25, 0.3) is 16.0 Å². The number of hydrazine groups is 1. The Balaban J connectivity index is 1.11. The lowest BCUT2D eigenvalue weighted by molar-refractivity contribution is -0.0570. The molecule has 1 radical (unpaired) electrons. The maximum Gasteiger partial charge on any atom is 0.298 e. The Kier molecular flexibility index (Phi) is 4.89. The Morgan fingerprint density at radius 1 is 1.00 bits per heavy atom. The van der Waals surface area contributed by atoms with E-state index >= 15 is 0 Å². The third-order valence-electron chi connectivity index (χ3n) is 7.23. The van der Waals surface area contributed by atoms with E-state index in [4.69, 9.17) is 21.0 Å². The first-order valence-electron chi connectivity index (χ1n) is 11.9. The smallest absolute Gasteiger partial charge is 0.298 e. The van der Waals surface area contributed by atoms with E-state index in [2.05, 4.69) is 51.4 Å². The fourth-order valence-electron chi connectivity index (χ4n) is 5.61. The number of thioether (sulfide) groups is 1. The van der Waals surface area contributed by atoms with Crippen molar-refractivity contribution in [1.29, 1.82) is 0 Å². The second-order valence-electron chi connectivity index (χ2n) is 9.85. The Labute approximate surface area is 203 Å². The lowest BCUT2D eigenvalue weighted by atomic mass is 9.85. The fraction of sp³-hybridized carbons (Fsp3) is 0.423. The Morgan fingerprint density at radius 2 is 1.79 bits per heavy atom. The molecule has 2 aromatic carbocycles. The standard InChI is InChI=1S/C26H26ClN4OS/c27-21-8-9-23-22(11-21)28-26(32-23)29-12-17-10-18(13-29)15-30(14-17)31-16-24(19-4-2-1-3-5-19)33-25(31)20-6-7-20/h1-5,8-9,11,17-18,20,25H,6-7,10,12-15H2. The number of piperidine rings is 2. The highest BCUT2D eigenvalue weighted by Crippen LogP contribution is 2.50. The van der Waals surface area contributed by atoms with Crippen molar-refractivity contribution in [2.45, 2.75) is 24.6 Å². The second kappa shape index (κ2) is 7.97. The van der Waals surface area contributed by atoms with Gasteiger partial charge in [-0.05, 0) is 60.8 Å². The van der Waals surface area contributed by atoms with Crippen LogP contribution in [0.2, 0.25) is 5.02 Å². The molecule has 0 amide bonds. The van der Waals surface area contributed by atoms with Crippen molar-refractivity contribution in [3.05, 3.63) is 65.3 Å². The zero-order valence-corrected chi connectivity index (χ0v) is 19.9. The number of hydrogen-bond acceptors (Lipinski definition) is 6. The monoisotopic (exact) mass is 477 g/mol. The Morgan fingerprint density at radius 3 is 2.55 bits per heavy atom. The van der Waals surface area contributed by atoms with Crippen LogP contribution in [0, 0.1) is 24.0 Å². The lowest BCUT2D eigenvalue weighted by Gasteiger charge is -2.48. The van der Waals surface area contributed by atoms with Gasteiger partial charge in [0.1, 0.15) is 5.52 Å². The van der Waals surface area contributed by atoms with Crippen molar-refractivity contribution in [1.82, 2.24) is 15.0 Å². The minimum Gasteiger partial charge on any atom is -0.423 e. The molecular formula is C26H26ClN4OS. The highest BCUT2D eigenvalue weighted by atomic mass is 35.5. The highest BCUT2D eigenvalue weighted by Gasteiger charge is 2.45. The van der Waals surface area contributed by atoms with Crippen LogP contribution < -0.4 is 4.90 Å². The van der Waals surface area contributed by atoms with Crippen LogP contribution in [0.15, 0.2) is 52.9 Å². The molecule has 0 spiro atoms. The molecule has 33 heavy (non-hydrogen) atoms. The number of anilines is 1. The van der Waals surface area contributed by atoms with Crippen molar-refractivity contribution in [3.8, 4) is 0 Å². The highest BCUT2D eigenvalue weighted by molar-refractivity contribution is 8.09. The molecule has 3 fully saturated rings. The summed E-state index contributed by atoms with van der Waals surface area (Å²) in [5.74, 6) is 1.99. The summed E-state index contributed by atoms with van der Waals surface area (Å²) >= 11 is 8.15. The molecule has 7 rings (SSSR count). The first kappa shape index (κ1) is 20.2. The van der Waals surface area contributed by atoms with Crippen molar-refractivity contribution in [2.75, 3.05) is 31.1 Å². The molecule has 3 atom stereocenters. The molecule has 4 aliphatic rings. The quantitative estimate of drug-likeness (QED) is 0.476. The largest absolute Gasteiger partial charge is 0.423 e. The molecule has 169 valence electrons. The van der Waals surface area contributed by atoms with Gasteiger partial charge in [0.05, 0.1) is 11.6 Å². The SMILES string of the molecule is Clc1ccc2oc(N3CC4CC(C3)CN(N3[C]=C(c5ccccc5)SC3C3CC3)C4)nc2c1. The number of nitrogens with zero attached hydrogens (tertiary/aromatic N) is 4. The van der Waals surface area contributed by atoms with Gasteiger partial charge in [0.2, 0.25) is 0 Å². The average Bonchev–Trinajstić information content (AvgIpc) is 3.43. The molecule has 5 nitrogen and oxygen atoms in total. The maximum absolute atomic E-state index is 6.14. The van der Waals surface area contributed by atoms with Gasteiger partial charge in [0.25, 0.3) is 6.01 Å². The lowest BCUT2D eigenvalue weighted by Crippen LogP contribution is -2.57. The fourth-order valence-corrected chi connectivity index (χ4v) is 7.18. The third-order valence-corrected chi connectivity index (χ3v) is 8.86. The van der Waals surface area contributed by atoms with E-state index in [9.17, 15) is 0 Å². The van der Waals surface area contributed by atoms with Gasteiger partial charge in [0, 0.05) is 36.1 Å². The molecule has 0 N–H and O–H groups in total.